The molecular weight excluding hydrogens is 360 g/mol. The number of carbonyl (C=O) groups excluding carboxylic acids is 1. The van der Waals surface area contributed by atoms with E-state index in [1.165, 1.54) is 11.3 Å². The molecule has 1 aliphatic heterocycles. The van der Waals surface area contributed by atoms with Crippen molar-refractivity contribution in [1.29, 1.82) is 0 Å². The molecule has 2 heterocycles. The highest BCUT2D eigenvalue weighted by Gasteiger charge is 2.26. The summed E-state index contributed by atoms with van der Waals surface area (Å²) in [7, 11) is -3.65. The van der Waals surface area contributed by atoms with Crippen LogP contribution in [0.25, 0.3) is 0 Å². The van der Waals surface area contributed by atoms with E-state index in [9.17, 15) is 13.2 Å². The Morgan fingerprint density at radius 3 is 2.72 bits per heavy atom. The molecule has 8 heteroatoms. The lowest BCUT2D eigenvalue weighted by molar-refractivity contribution is -0.137. The van der Waals surface area contributed by atoms with Crippen molar-refractivity contribution in [3.63, 3.8) is 0 Å². The van der Waals surface area contributed by atoms with Crippen molar-refractivity contribution in [3.05, 3.63) is 52.9 Å². The Balaban J connectivity index is 1.59. The summed E-state index contributed by atoms with van der Waals surface area (Å²) < 4.78 is 32.8. The van der Waals surface area contributed by atoms with Gasteiger partial charge in [0, 0.05) is 11.4 Å². The van der Waals surface area contributed by atoms with Crippen molar-refractivity contribution < 1.29 is 17.9 Å². The number of aryl methyl sites for hydroxylation is 1. The number of nitrogens with zero attached hydrogens (tertiary/aromatic N) is 1. The molecule has 1 fully saturated rings. The molecule has 1 amide bonds. The first-order valence-electron chi connectivity index (χ1n) is 7.96. The van der Waals surface area contributed by atoms with Crippen LogP contribution in [0, 0.1) is 6.92 Å². The molecule has 1 atom stereocenters. The van der Waals surface area contributed by atoms with Crippen molar-refractivity contribution >= 4 is 27.3 Å². The average Bonchev–Trinajstić information content (AvgIpc) is 3.08. The maximum atomic E-state index is 12.4. The zero-order valence-corrected chi connectivity index (χ0v) is 15.5. The molecule has 1 aromatic heterocycles. The van der Waals surface area contributed by atoms with Gasteiger partial charge in [-0.1, -0.05) is 30.3 Å². The Morgan fingerprint density at radius 2 is 2.04 bits per heavy atom. The molecule has 2 aromatic rings. The second-order valence-corrected chi connectivity index (χ2v) is 9.08. The summed E-state index contributed by atoms with van der Waals surface area (Å²) in [6.45, 7) is 2.90. The largest absolute Gasteiger partial charge is 0.370 e. The fourth-order valence-corrected chi connectivity index (χ4v) is 4.94. The lowest BCUT2D eigenvalue weighted by Gasteiger charge is -2.33. The van der Waals surface area contributed by atoms with Crippen LogP contribution in [0.3, 0.4) is 0 Å². The predicted molar refractivity (Wildman–Crippen MR) is 96.0 cm³/mol. The number of hydrogen-bond acceptors (Lipinski definition) is 5. The first-order valence-corrected chi connectivity index (χ1v) is 10.3. The van der Waals surface area contributed by atoms with Crippen LogP contribution in [0.4, 0.5) is 0 Å². The number of amides is 1. The third kappa shape index (κ3) is 4.46. The molecule has 0 bridgehead atoms. The molecule has 6 nitrogen and oxygen atoms in total. The molecule has 1 aromatic carbocycles. The monoisotopic (exact) mass is 380 g/mol. The molecule has 1 N–H and O–H groups in total. The number of ether oxygens (including phenoxy) is 1. The van der Waals surface area contributed by atoms with Crippen molar-refractivity contribution in [3.8, 4) is 0 Å². The van der Waals surface area contributed by atoms with Gasteiger partial charge in [0.1, 0.15) is 10.3 Å². The van der Waals surface area contributed by atoms with Crippen LogP contribution in [0.2, 0.25) is 0 Å². The van der Waals surface area contributed by atoms with E-state index in [0.717, 1.165) is 10.4 Å². The van der Waals surface area contributed by atoms with E-state index in [0.29, 0.717) is 19.7 Å². The first-order chi connectivity index (χ1) is 12.0. The lowest BCUT2D eigenvalue weighted by atomic mass is 10.1. The maximum Gasteiger partial charge on any atom is 0.250 e. The summed E-state index contributed by atoms with van der Waals surface area (Å²) >= 11 is 1.18. The number of nitrogens with one attached hydrogen (secondary N) is 1. The number of benzene rings is 1. The van der Waals surface area contributed by atoms with E-state index in [-0.39, 0.29) is 22.8 Å². The molecule has 0 aliphatic carbocycles. The third-order valence-corrected chi connectivity index (χ3v) is 6.88. The van der Waals surface area contributed by atoms with E-state index in [1.807, 2.05) is 37.3 Å². The zero-order valence-electron chi connectivity index (χ0n) is 13.8. The smallest absolute Gasteiger partial charge is 0.250 e. The second kappa shape index (κ2) is 7.65. The second-order valence-electron chi connectivity index (χ2n) is 5.80. The Morgan fingerprint density at radius 1 is 1.28 bits per heavy atom. The van der Waals surface area contributed by atoms with Crippen LogP contribution in [0.5, 0.6) is 0 Å². The standard InChI is InChI=1S/C17H20N2O4S2/c1-13-7-8-17(24-13)25(21,22)18-11-16(20)19-9-10-23-15(12-19)14-5-3-2-4-6-14/h2-8,15,18H,9-12H2,1H3. The van der Waals surface area contributed by atoms with Gasteiger partial charge >= 0.3 is 0 Å². The van der Waals surface area contributed by atoms with Gasteiger partial charge in [-0.15, -0.1) is 11.3 Å². The Bertz CT molecular complexity index is 833. The number of carbonyl (C=O) groups is 1. The zero-order chi connectivity index (χ0) is 17.9. The molecule has 0 spiro atoms. The SMILES string of the molecule is Cc1ccc(S(=O)(=O)NCC(=O)N2CCOC(c3ccccc3)C2)s1. The molecule has 1 unspecified atom stereocenters. The molecule has 0 radical (unpaired) electrons. The Labute approximate surface area is 151 Å². The maximum absolute atomic E-state index is 12.4. The quantitative estimate of drug-likeness (QED) is 0.860. The van der Waals surface area contributed by atoms with E-state index < -0.39 is 10.0 Å². The minimum absolute atomic E-state index is 0.185. The first kappa shape index (κ1) is 18.1. The predicted octanol–water partition coefficient (Wildman–Crippen LogP) is 1.93. The van der Waals surface area contributed by atoms with E-state index in [4.69, 9.17) is 4.74 Å². The van der Waals surface area contributed by atoms with E-state index in [1.54, 1.807) is 17.0 Å². The highest BCUT2D eigenvalue weighted by Crippen LogP contribution is 2.22. The van der Waals surface area contributed by atoms with Crippen LogP contribution in [-0.4, -0.2) is 45.5 Å². The van der Waals surface area contributed by atoms with Gasteiger partial charge in [-0.3, -0.25) is 4.79 Å². The number of rotatable bonds is 5. The van der Waals surface area contributed by atoms with Gasteiger partial charge in [0.2, 0.25) is 5.91 Å². The number of thiophene rings is 1. The fraction of sp³-hybridized carbons (Fsp3) is 0.353. The minimum Gasteiger partial charge on any atom is -0.370 e. The molecule has 0 saturated carbocycles. The van der Waals surface area contributed by atoms with Gasteiger partial charge < -0.3 is 9.64 Å². The molecule has 1 saturated heterocycles. The molecule has 3 rings (SSSR count). The van der Waals surface area contributed by atoms with Gasteiger partial charge in [-0.25, -0.2) is 13.1 Å². The van der Waals surface area contributed by atoms with Crippen molar-refractivity contribution in [2.45, 2.75) is 17.2 Å². The van der Waals surface area contributed by atoms with Gasteiger partial charge in [0.15, 0.2) is 0 Å². The van der Waals surface area contributed by atoms with Crippen molar-refractivity contribution in [2.75, 3.05) is 26.2 Å². The fourth-order valence-electron chi connectivity index (χ4n) is 2.64. The van der Waals surface area contributed by atoms with Crippen molar-refractivity contribution in [2.24, 2.45) is 0 Å². The highest BCUT2D eigenvalue weighted by molar-refractivity contribution is 7.91. The Hall–Kier alpha value is -1.74. The van der Waals surface area contributed by atoms with Gasteiger partial charge in [-0.05, 0) is 24.6 Å². The topological polar surface area (TPSA) is 75.7 Å². The lowest BCUT2D eigenvalue weighted by Crippen LogP contribution is -2.46. The molecule has 134 valence electrons. The number of hydrogen-bond donors (Lipinski definition) is 1. The highest BCUT2D eigenvalue weighted by atomic mass is 32.2. The summed E-state index contributed by atoms with van der Waals surface area (Å²) in [5, 5.41) is 0. The summed E-state index contributed by atoms with van der Waals surface area (Å²) in [5.74, 6) is -0.249. The third-order valence-electron chi connectivity index (χ3n) is 3.98. The molecule has 1 aliphatic rings. The van der Waals surface area contributed by atoms with Crippen LogP contribution >= 0.6 is 11.3 Å². The summed E-state index contributed by atoms with van der Waals surface area (Å²) in [6, 6.07) is 13.0. The van der Waals surface area contributed by atoms with Crippen LogP contribution < -0.4 is 4.72 Å². The van der Waals surface area contributed by atoms with Crippen LogP contribution in [0.1, 0.15) is 16.5 Å². The van der Waals surface area contributed by atoms with Crippen molar-refractivity contribution in [1.82, 2.24) is 9.62 Å². The Kier molecular flexibility index (Phi) is 5.53. The van der Waals surface area contributed by atoms with E-state index in [2.05, 4.69) is 4.72 Å². The minimum atomic E-state index is -3.65. The average molecular weight is 380 g/mol. The van der Waals surface area contributed by atoms with Gasteiger partial charge in [0.25, 0.3) is 10.0 Å². The van der Waals surface area contributed by atoms with E-state index >= 15 is 0 Å². The molecular formula is C17H20N2O4S2. The summed E-state index contributed by atoms with van der Waals surface area (Å²) in [5.41, 5.74) is 1.01. The van der Waals surface area contributed by atoms with Gasteiger partial charge in [0.05, 0.1) is 19.7 Å². The van der Waals surface area contributed by atoms with Crippen LogP contribution in [-0.2, 0) is 19.6 Å². The normalized spacial score (nSPS) is 18.3. The number of morpholine rings is 1. The number of sulfonamides is 1. The summed E-state index contributed by atoms with van der Waals surface area (Å²) in [4.78, 5) is 15.0. The van der Waals surface area contributed by atoms with Gasteiger partial charge in [-0.2, -0.15) is 0 Å². The molecule has 25 heavy (non-hydrogen) atoms. The van der Waals surface area contributed by atoms with Crippen LogP contribution in [0.15, 0.2) is 46.7 Å². The summed E-state index contributed by atoms with van der Waals surface area (Å²) in [6.07, 6.45) is -0.185.